The summed E-state index contributed by atoms with van der Waals surface area (Å²) in [7, 11) is 0. The van der Waals surface area contributed by atoms with Crippen molar-refractivity contribution in [3.8, 4) is 0 Å². The molecule has 0 aromatic carbocycles. The second kappa shape index (κ2) is 6.36. The molecule has 0 aromatic rings. The van der Waals surface area contributed by atoms with E-state index in [1.807, 2.05) is 0 Å². The Morgan fingerprint density at radius 1 is 1.33 bits per heavy atom. The fraction of sp³-hybridized carbons (Fsp3) is 1.00. The van der Waals surface area contributed by atoms with Crippen LogP contribution >= 0.6 is 0 Å². The minimum atomic E-state index is 0.0544. The summed E-state index contributed by atoms with van der Waals surface area (Å²) in [6, 6.07) is 0.381. The zero-order valence-electron chi connectivity index (χ0n) is 12.2. The summed E-state index contributed by atoms with van der Waals surface area (Å²) in [6.07, 6.45) is 6.65. The van der Waals surface area contributed by atoms with Gasteiger partial charge in [-0.2, -0.15) is 0 Å². The molecule has 1 aliphatic heterocycles. The largest absolute Gasteiger partial charge is 0.377 e. The van der Waals surface area contributed by atoms with Crippen LogP contribution in [0.1, 0.15) is 52.9 Å². The molecule has 1 saturated heterocycles. The van der Waals surface area contributed by atoms with Crippen molar-refractivity contribution >= 4 is 0 Å². The normalized spacial score (nSPS) is 37.3. The molecular formula is C15H29NO2. The van der Waals surface area contributed by atoms with Crippen LogP contribution in [0.4, 0.5) is 0 Å². The number of nitrogens with one attached hydrogen (secondary N) is 1. The number of ether oxygens (including phenoxy) is 2. The van der Waals surface area contributed by atoms with E-state index in [0.717, 1.165) is 25.7 Å². The van der Waals surface area contributed by atoms with E-state index in [1.165, 1.54) is 32.1 Å². The molecule has 0 bridgehead atoms. The van der Waals surface area contributed by atoms with Gasteiger partial charge in [0.05, 0.1) is 31.0 Å². The molecule has 1 aliphatic carbocycles. The van der Waals surface area contributed by atoms with E-state index in [9.17, 15) is 0 Å². The van der Waals surface area contributed by atoms with Crippen LogP contribution in [0, 0.1) is 5.92 Å². The van der Waals surface area contributed by atoms with Crippen molar-refractivity contribution in [3.05, 3.63) is 0 Å². The number of hydrogen-bond donors (Lipinski definition) is 1. The molecule has 0 radical (unpaired) electrons. The highest BCUT2D eigenvalue weighted by atomic mass is 16.5. The molecule has 1 spiro atoms. The lowest BCUT2D eigenvalue weighted by atomic mass is 9.73. The number of morpholine rings is 1. The molecule has 1 heterocycles. The molecular weight excluding hydrogens is 226 g/mol. The third-order valence-electron chi connectivity index (χ3n) is 4.64. The van der Waals surface area contributed by atoms with Gasteiger partial charge in [0.25, 0.3) is 0 Å². The highest BCUT2D eigenvalue weighted by molar-refractivity contribution is 4.99. The second-order valence-electron chi connectivity index (χ2n) is 6.15. The standard InChI is InChI=1S/C15H29NO2/c1-4-13-5-7-15(8-6-13)14(11-17-12(2)3)16-9-10-18-15/h12-14,16H,4-11H2,1-3H3. The van der Waals surface area contributed by atoms with Crippen molar-refractivity contribution in [1.82, 2.24) is 5.32 Å². The van der Waals surface area contributed by atoms with Crippen molar-refractivity contribution in [1.29, 1.82) is 0 Å². The maximum atomic E-state index is 6.20. The van der Waals surface area contributed by atoms with Crippen LogP contribution in [0.15, 0.2) is 0 Å². The molecule has 3 nitrogen and oxygen atoms in total. The summed E-state index contributed by atoms with van der Waals surface area (Å²) < 4.78 is 12.0. The summed E-state index contributed by atoms with van der Waals surface area (Å²) in [5, 5.41) is 3.62. The molecule has 0 aromatic heterocycles. The fourth-order valence-electron chi connectivity index (χ4n) is 3.34. The van der Waals surface area contributed by atoms with Crippen molar-refractivity contribution in [3.63, 3.8) is 0 Å². The average molecular weight is 255 g/mol. The Labute approximate surface area is 112 Å². The van der Waals surface area contributed by atoms with Crippen LogP contribution in [0.25, 0.3) is 0 Å². The van der Waals surface area contributed by atoms with Crippen LogP contribution in [0.3, 0.4) is 0 Å². The minimum Gasteiger partial charge on any atom is -0.377 e. The Balaban J connectivity index is 1.94. The van der Waals surface area contributed by atoms with Crippen molar-refractivity contribution in [2.45, 2.75) is 70.6 Å². The first kappa shape index (κ1) is 14.3. The lowest BCUT2D eigenvalue weighted by Crippen LogP contribution is -2.61. The third-order valence-corrected chi connectivity index (χ3v) is 4.64. The summed E-state index contributed by atoms with van der Waals surface area (Å²) in [5.74, 6) is 0.910. The van der Waals surface area contributed by atoms with Gasteiger partial charge in [0.1, 0.15) is 0 Å². The van der Waals surface area contributed by atoms with E-state index in [0.29, 0.717) is 12.1 Å². The SMILES string of the molecule is CCC1CCC2(CC1)OCCNC2COC(C)C. The highest BCUT2D eigenvalue weighted by Crippen LogP contribution is 2.39. The van der Waals surface area contributed by atoms with Gasteiger partial charge in [-0.15, -0.1) is 0 Å². The lowest BCUT2D eigenvalue weighted by Gasteiger charge is -2.48. The summed E-state index contributed by atoms with van der Waals surface area (Å²) in [4.78, 5) is 0. The third kappa shape index (κ3) is 3.25. The molecule has 2 fully saturated rings. The maximum absolute atomic E-state index is 6.20. The van der Waals surface area contributed by atoms with Crippen molar-refractivity contribution in [2.24, 2.45) is 5.92 Å². The highest BCUT2D eigenvalue weighted by Gasteiger charge is 2.44. The Hall–Kier alpha value is -0.120. The van der Waals surface area contributed by atoms with Gasteiger partial charge < -0.3 is 14.8 Å². The predicted octanol–water partition coefficient (Wildman–Crippen LogP) is 2.74. The maximum Gasteiger partial charge on any atom is 0.0858 e. The number of hydrogen-bond acceptors (Lipinski definition) is 3. The molecule has 2 rings (SSSR count). The molecule has 1 N–H and O–H groups in total. The van der Waals surface area contributed by atoms with Crippen molar-refractivity contribution in [2.75, 3.05) is 19.8 Å². The van der Waals surface area contributed by atoms with Crippen molar-refractivity contribution < 1.29 is 9.47 Å². The Kier molecular flexibility index (Phi) is 5.05. The van der Waals surface area contributed by atoms with Gasteiger partial charge in [0.2, 0.25) is 0 Å². The molecule has 2 aliphatic rings. The average Bonchev–Trinajstić information content (AvgIpc) is 2.39. The molecule has 106 valence electrons. The van der Waals surface area contributed by atoms with Gasteiger partial charge in [-0.25, -0.2) is 0 Å². The van der Waals surface area contributed by atoms with Crippen LogP contribution in [0.5, 0.6) is 0 Å². The van der Waals surface area contributed by atoms with Crippen LogP contribution in [-0.2, 0) is 9.47 Å². The van der Waals surface area contributed by atoms with Crippen LogP contribution < -0.4 is 5.32 Å². The molecule has 1 saturated carbocycles. The minimum absolute atomic E-state index is 0.0544. The van der Waals surface area contributed by atoms with Crippen LogP contribution in [0.2, 0.25) is 0 Å². The van der Waals surface area contributed by atoms with Gasteiger partial charge in [0.15, 0.2) is 0 Å². The Bertz CT molecular complexity index is 247. The Morgan fingerprint density at radius 3 is 2.67 bits per heavy atom. The molecule has 18 heavy (non-hydrogen) atoms. The summed E-state index contributed by atoms with van der Waals surface area (Å²) >= 11 is 0. The molecule has 3 heteroatoms. The summed E-state index contributed by atoms with van der Waals surface area (Å²) in [6.45, 7) is 9.12. The monoisotopic (exact) mass is 255 g/mol. The van der Waals surface area contributed by atoms with Gasteiger partial charge in [-0.05, 0) is 45.4 Å². The molecule has 1 atom stereocenters. The van der Waals surface area contributed by atoms with Crippen LogP contribution in [-0.4, -0.2) is 37.5 Å². The lowest BCUT2D eigenvalue weighted by molar-refractivity contribution is -0.140. The first-order chi connectivity index (χ1) is 8.66. The van der Waals surface area contributed by atoms with E-state index in [2.05, 4.69) is 26.1 Å². The number of rotatable bonds is 4. The van der Waals surface area contributed by atoms with E-state index in [4.69, 9.17) is 9.47 Å². The van der Waals surface area contributed by atoms with Gasteiger partial charge in [0, 0.05) is 6.54 Å². The zero-order valence-corrected chi connectivity index (χ0v) is 12.2. The van der Waals surface area contributed by atoms with E-state index < -0.39 is 0 Å². The van der Waals surface area contributed by atoms with E-state index in [-0.39, 0.29) is 5.60 Å². The molecule has 0 amide bonds. The smallest absolute Gasteiger partial charge is 0.0858 e. The fourth-order valence-corrected chi connectivity index (χ4v) is 3.34. The Morgan fingerprint density at radius 2 is 2.06 bits per heavy atom. The first-order valence-electron chi connectivity index (χ1n) is 7.65. The zero-order chi connectivity index (χ0) is 13.0. The van der Waals surface area contributed by atoms with E-state index >= 15 is 0 Å². The predicted molar refractivity (Wildman–Crippen MR) is 73.8 cm³/mol. The quantitative estimate of drug-likeness (QED) is 0.838. The molecule has 1 unspecified atom stereocenters. The summed E-state index contributed by atoms with van der Waals surface area (Å²) in [5.41, 5.74) is 0.0544. The first-order valence-corrected chi connectivity index (χ1v) is 7.65. The van der Waals surface area contributed by atoms with E-state index in [1.54, 1.807) is 0 Å². The second-order valence-corrected chi connectivity index (χ2v) is 6.15. The van der Waals surface area contributed by atoms with Gasteiger partial charge in [-0.1, -0.05) is 13.3 Å². The topological polar surface area (TPSA) is 30.5 Å². The van der Waals surface area contributed by atoms with Gasteiger partial charge in [-0.3, -0.25) is 0 Å². The van der Waals surface area contributed by atoms with Gasteiger partial charge >= 0.3 is 0 Å².